The van der Waals surface area contributed by atoms with Crippen molar-refractivity contribution in [1.29, 1.82) is 0 Å². The molecule has 0 fully saturated rings. The van der Waals surface area contributed by atoms with Crippen molar-refractivity contribution in [3.05, 3.63) is 12.2 Å². The summed E-state index contributed by atoms with van der Waals surface area (Å²) in [5.41, 5.74) is 0. The molecular weight excluding hydrogens is 468 g/mol. The minimum Gasteiger partial charge on any atom is -0.481 e. The first-order chi connectivity index (χ1) is 16.5. The number of unbranched alkanes of at least 4 members (excludes halogenated alkanes) is 2. The van der Waals surface area contributed by atoms with Gasteiger partial charge in [0.1, 0.15) is 24.1 Å². The fraction of sp³-hybridized carbons (Fsp3) is 0.682. The average Bonchev–Trinajstić information content (AvgIpc) is 3.15. The number of carboxylic acids is 1. The van der Waals surface area contributed by atoms with Crippen LogP contribution in [0.5, 0.6) is 0 Å². The molecule has 0 saturated heterocycles. The molecule has 0 unspecified atom stereocenters. The number of aliphatic carboxylic acids is 1. The van der Waals surface area contributed by atoms with E-state index in [2.05, 4.69) is 5.32 Å². The van der Waals surface area contributed by atoms with Gasteiger partial charge in [-0.15, -0.1) is 0 Å². The molecule has 0 aliphatic carbocycles. The maximum atomic E-state index is 12.1. The van der Waals surface area contributed by atoms with Gasteiger partial charge >= 0.3 is 5.97 Å². The van der Waals surface area contributed by atoms with Crippen molar-refractivity contribution >= 4 is 29.5 Å². The van der Waals surface area contributed by atoms with E-state index in [0.717, 1.165) is 4.90 Å². The van der Waals surface area contributed by atoms with Gasteiger partial charge in [0.05, 0.1) is 18.6 Å². The van der Waals surface area contributed by atoms with Crippen molar-refractivity contribution in [3.63, 3.8) is 0 Å². The molecule has 0 aromatic rings. The highest BCUT2D eigenvalue weighted by Gasteiger charge is 2.30. The van der Waals surface area contributed by atoms with Gasteiger partial charge in [0, 0.05) is 44.5 Å². The van der Waals surface area contributed by atoms with Gasteiger partial charge in [-0.2, -0.15) is 0 Å². The molecule has 5 atom stereocenters. The molecule has 13 nitrogen and oxygen atoms in total. The number of ketones is 1. The highest BCUT2D eigenvalue weighted by Crippen LogP contribution is 2.16. The number of carboxylic acid groups (broad SMARTS) is 1. The van der Waals surface area contributed by atoms with Crippen LogP contribution in [-0.4, -0.2) is 109 Å². The summed E-state index contributed by atoms with van der Waals surface area (Å²) in [5, 5.41) is 58.6. The third kappa shape index (κ3) is 10.6. The van der Waals surface area contributed by atoms with Crippen molar-refractivity contribution < 1.29 is 54.6 Å². The molecule has 198 valence electrons. The van der Waals surface area contributed by atoms with E-state index in [1.54, 1.807) is 0 Å². The van der Waals surface area contributed by atoms with Gasteiger partial charge in [-0.3, -0.25) is 28.9 Å². The van der Waals surface area contributed by atoms with Crippen LogP contribution in [0.15, 0.2) is 12.2 Å². The Morgan fingerprint density at radius 1 is 0.886 bits per heavy atom. The first kappa shape index (κ1) is 30.3. The second kappa shape index (κ2) is 15.3. The number of aliphatic hydroxyl groups excluding tert-OH is 5. The molecule has 1 rings (SSSR count). The number of amides is 3. The molecule has 0 aromatic carbocycles. The number of imide groups is 1. The lowest BCUT2D eigenvalue weighted by molar-refractivity contribution is -0.144. The number of carbonyl (C=O) groups excluding carboxylic acids is 4. The van der Waals surface area contributed by atoms with Crippen LogP contribution in [-0.2, 0) is 24.0 Å². The minimum atomic E-state index is -1.84. The van der Waals surface area contributed by atoms with Crippen LogP contribution in [0, 0.1) is 5.92 Å². The van der Waals surface area contributed by atoms with E-state index < -0.39 is 55.4 Å². The summed E-state index contributed by atoms with van der Waals surface area (Å²) < 4.78 is 0. The minimum absolute atomic E-state index is 0.127. The fourth-order valence-corrected chi connectivity index (χ4v) is 3.41. The number of nitrogens with zero attached hydrogens (tertiary/aromatic N) is 1. The monoisotopic (exact) mass is 502 g/mol. The Balaban J connectivity index is 2.30. The Bertz CT molecular complexity index is 767. The zero-order chi connectivity index (χ0) is 26.5. The summed E-state index contributed by atoms with van der Waals surface area (Å²) in [6.07, 6.45) is -3.60. The van der Waals surface area contributed by atoms with Crippen LogP contribution < -0.4 is 5.32 Å². The number of carbonyl (C=O) groups is 5. The number of Topliss-reactive ketones (excluding diaryl/α,β-unsaturated/α-hetero) is 1. The van der Waals surface area contributed by atoms with Crippen molar-refractivity contribution in [2.75, 3.05) is 19.7 Å². The predicted molar refractivity (Wildman–Crippen MR) is 118 cm³/mol. The molecule has 0 saturated carbocycles. The molecular formula is C22H34N2O11. The van der Waals surface area contributed by atoms with Crippen molar-refractivity contribution in [3.8, 4) is 0 Å². The predicted octanol–water partition coefficient (Wildman–Crippen LogP) is -2.54. The molecule has 1 heterocycles. The van der Waals surface area contributed by atoms with Crippen LogP contribution in [0.2, 0.25) is 0 Å². The van der Waals surface area contributed by atoms with Gasteiger partial charge in [-0.25, -0.2) is 0 Å². The molecule has 0 spiro atoms. The summed E-state index contributed by atoms with van der Waals surface area (Å²) in [6.45, 7) is -1.08. The van der Waals surface area contributed by atoms with E-state index >= 15 is 0 Å². The lowest BCUT2D eigenvalue weighted by atomic mass is 9.94. The van der Waals surface area contributed by atoms with Crippen LogP contribution in [0.4, 0.5) is 0 Å². The summed E-state index contributed by atoms with van der Waals surface area (Å²) >= 11 is 0. The summed E-state index contributed by atoms with van der Waals surface area (Å²) in [7, 11) is 0. The molecule has 7 N–H and O–H groups in total. The molecule has 0 aromatic heterocycles. The Morgan fingerprint density at radius 3 is 2.06 bits per heavy atom. The number of aliphatic hydroxyl groups is 5. The van der Waals surface area contributed by atoms with Gasteiger partial charge in [-0.05, 0) is 19.3 Å². The third-order valence-corrected chi connectivity index (χ3v) is 5.61. The molecule has 1 aliphatic heterocycles. The maximum Gasteiger partial charge on any atom is 0.306 e. The largest absolute Gasteiger partial charge is 0.481 e. The highest BCUT2D eigenvalue weighted by molar-refractivity contribution is 6.12. The van der Waals surface area contributed by atoms with E-state index in [9.17, 15) is 49.5 Å². The van der Waals surface area contributed by atoms with Gasteiger partial charge in [-0.1, -0.05) is 6.42 Å². The number of hydrogen-bond acceptors (Lipinski definition) is 10. The first-order valence-electron chi connectivity index (χ1n) is 11.4. The first-order valence-corrected chi connectivity index (χ1v) is 11.4. The topological polar surface area (TPSA) is 222 Å². The normalized spacial score (nSPS) is 17.7. The summed E-state index contributed by atoms with van der Waals surface area (Å²) in [4.78, 5) is 59.5. The molecule has 3 amide bonds. The molecule has 35 heavy (non-hydrogen) atoms. The lowest BCUT2D eigenvalue weighted by Gasteiger charge is -2.25. The maximum absolute atomic E-state index is 12.1. The van der Waals surface area contributed by atoms with Gasteiger partial charge in [0.2, 0.25) is 5.91 Å². The fourth-order valence-electron chi connectivity index (χ4n) is 3.41. The molecule has 13 heteroatoms. The van der Waals surface area contributed by atoms with Gasteiger partial charge in [0.15, 0.2) is 0 Å². The Hall–Kier alpha value is -2.71. The summed E-state index contributed by atoms with van der Waals surface area (Å²) in [6, 6.07) is 0. The van der Waals surface area contributed by atoms with Crippen molar-refractivity contribution in [1.82, 2.24) is 10.2 Å². The second-order valence-electron chi connectivity index (χ2n) is 8.39. The molecule has 0 bridgehead atoms. The van der Waals surface area contributed by atoms with E-state index in [1.807, 2.05) is 0 Å². The van der Waals surface area contributed by atoms with Crippen LogP contribution in [0.25, 0.3) is 0 Å². The second-order valence-corrected chi connectivity index (χ2v) is 8.39. The quantitative estimate of drug-likeness (QED) is 0.0764. The van der Waals surface area contributed by atoms with E-state index in [0.29, 0.717) is 19.3 Å². The summed E-state index contributed by atoms with van der Waals surface area (Å²) in [5.74, 6) is -4.00. The van der Waals surface area contributed by atoms with Crippen LogP contribution >= 0.6 is 0 Å². The molecule has 1 aliphatic rings. The van der Waals surface area contributed by atoms with Crippen LogP contribution in [0.1, 0.15) is 44.9 Å². The van der Waals surface area contributed by atoms with E-state index in [1.165, 1.54) is 12.2 Å². The van der Waals surface area contributed by atoms with E-state index in [-0.39, 0.29) is 49.8 Å². The Labute approximate surface area is 202 Å². The standard InChI is InChI=1S/C22H34N2O11/c25-12-16(28)21(33)20(32)15(27)11-23-17(29)6-5-13(22(34)35)10-14(26)4-2-1-3-9-24-18(30)7-8-19(24)31/h7-8,13,15-16,20-21,25,27-28,32-33H,1-6,9-12H2,(H,23,29)(H,34,35)/t13-,15+,16-,20-,21-/m1/s1. The third-order valence-electron chi connectivity index (χ3n) is 5.61. The lowest BCUT2D eigenvalue weighted by Crippen LogP contribution is -2.49. The number of rotatable bonds is 18. The average molecular weight is 503 g/mol. The van der Waals surface area contributed by atoms with Crippen molar-refractivity contribution in [2.24, 2.45) is 5.92 Å². The Kier molecular flexibility index (Phi) is 13.3. The van der Waals surface area contributed by atoms with Gasteiger partial charge < -0.3 is 36.0 Å². The number of nitrogens with one attached hydrogen (secondary N) is 1. The van der Waals surface area contributed by atoms with Gasteiger partial charge in [0.25, 0.3) is 11.8 Å². The zero-order valence-corrected chi connectivity index (χ0v) is 19.3. The Morgan fingerprint density at radius 2 is 1.49 bits per heavy atom. The van der Waals surface area contributed by atoms with E-state index in [4.69, 9.17) is 5.11 Å². The SMILES string of the molecule is O=C(CCCCCN1C(=O)C=CC1=O)C[C@@H](CCC(=O)NC[C@H](O)[C@@H](O)[C@H](O)[C@H](O)CO)C(=O)O. The molecule has 0 radical (unpaired) electrons. The smallest absolute Gasteiger partial charge is 0.306 e. The zero-order valence-electron chi connectivity index (χ0n) is 19.3. The van der Waals surface area contributed by atoms with Crippen molar-refractivity contribution in [2.45, 2.75) is 69.4 Å². The number of hydrogen-bond donors (Lipinski definition) is 7. The van der Waals surface area contributed by atoms with Crippen LogP contribution in [0.3, 0.4) is 0 Å². The highest BCUT2D eigenvalue weighted by atomic mass is 16.4.